The molecule has 0 spiro atoms. The normalized spacial score (nSPS) is 36.0. The molecule has 2 aliphatic rings. The molecule has 0 bridgehead atoms. The Hall–Kier alpha value is -1.26. The first-order chi connectivity index (χ1) is 13.0. The van der Waals surface area contributed by atoms with Gasteiger partial charge in [-0.3, -0.25) is 4.90 Å². The van der Waals surface area contributed by atoms with Gasteiger partial charge in [-0.2, -0.15) is 0 Å². The fourth-order valence-electron chi connectivity index (χ4n) is 3.42. The Morgan fingerprint density at radius 3 is 2.74 bits per heavy atom. The number of aliphatic hydroxyl groups is 1. The maximum atomic E-state index is 10.8. The largest absolute Gasteiger partial charge is 0.493 e. The lowest BCUT2D eigenvalue weighted by Crippen LogP contribution is -2.48. The Morgan fingerprint density at radius 2 is 2.09 bits per heavy atom. The molecule has 1 fully saturated rings. The van der Waals surface area contributed by atoms with Gasteiger partial charge in [0.2, 0.25) is 0 Å². The highest BCUT2D eigenvalue weighted by Crippen LogP contribution is 2.43. The first-order valence-electron chi connectivity index (χ1n) is 10.7. The summed E-state index contributed by atoms with van der Waals surface area (Å²) >= 11 is 0. The van der Waals surface area contributed by atoms with E-state index in [0.29, 0.717) is 18.4 Å². The number of fused-ring (bicyclic) bond motifs is 3. The van der Waals surface area contributed by atoms with Crippen LogP contribution in [0.1, 0.15) is 50.7 Å². The van der Waals surface area contributed by atoms with Gasteiger partial charge in [0, 0.05) is 21.8 Å². The lowest BCUT2D eigenvalue weighted by molar-refractivity contribution is -0.0191. The SMILES string of the molecule is [2H]c1c2c(c([2H])c(OC)c1OC)C1([2H])CC(O)C(CC(C)C)C([2H])([2H])N1CC2. The Kier molecular flexibility index (Phi) is 3.30. The fraction of sp³-hybridized carbons (Fsp3) is 0.684. The molecule has 0 aromatic heterocycles. The third-order valence-corrected chi connectivity index (χ3v) is 4.53. The van der Waals surface area contributed by atoms with Crippen molar-refractivity contribution in [2.75, 3.05) is 27.3 Å². The minimum Gasteiger partial charge on any atom is -0.493 e. The summed E-state index contributed by atoms with van der Waals surface area (Å²) in [4.78, 5) is 1.46. The van der Waals surface area contributed by atoms with E-state index in [2.05, 4.69) is 0 Å². The van der Waals surface area contributed by atoms with Gasteiger partial charge in [0.25, 0.3) is 0 Å². The minimum absolute atomic E-state index is 0.0162. The van der Waals surface area contributed by atoms with E-state index < -0.39 is 24.5 Å². The van der Waals surface area contributed by atoms with E-state index in [0.717, 1.165) is 0 Å². The van der Waals surface area contributed by atoms with Crippen molar-refractivity contribution in [2.24, 2.45) is 11.8 Å². The molecule has 1 aromatic carbocycles. The predicted molar refractivity (Wildman–Crippen MR) is 91.1 cm³/mol. The van der Waals surface area contributed by atoms with Crippen LogP contribution in [0.5, 0.6) is 11.5 Å². The maximum absolute atomic E-state index is 10.8. The van der Waals surface area contributed by atoms with Crippen LogP contribution in [0.3, 0.4) is 0 Å². The van der Waals surface area contributed by atoms with Crippen LogP contribution in [0.25, 0.3) is 0 Å². The highest BCUT2D eigenvalue weighted by molar-refractivity contribution is 5.49. The molecule has 4 nitrogen and oxygen atoms in total. The molecular weight excluding hydrogens is 290 g/mol. The summed E-state index contributed by atoms with van der Waals surface area (Å²) < 4.78 is 54.4. The standard InChI is InChI=1S/C19H29NO3/c1-12(2)7-14-11-20-6-5-13-8-18(22-3)19(23-4)9-15(13)16(20)10-17(14)21/h8-9,12,14,16-17,21H,5-7,10-11H2,1-4H3/i8D,9D,11D2,16D. The molecular formula is C19H29NO3. The quantitative estimate of drug-likeness (QED) is 0.924. The van der Waals surface area contributed by atoms with E-state index in [1.54, 1.807) is 0 Å². The van der Waals surface area contributed by atoms with Crippen LogP contribution < -0.4 is 9.47 Å². The average Bonchev–Trinajstić information content (AvgIpc) is 2.60. The second-order valence-electron chi connectivity index (χ2n) is 6.65. The molecule has 1 aromatic rings. The lowest BCUT2D eigenvalue weighted by atomic mass is 9.79. The summed E-state index contributed by atoms with van der Waals surface area (Å²) in [5.74, 6) is -0.183. The van der Waals surface area contributed by atoms with Crippen molar-refractivity contribution < 1.29 is 21.4 Å². The molecule has 23 heavy (non-hydrogen) atoms. The Morgan fingerprint density at radius 1 is 1.39 bits per heavy atom. The molecule has 3 rings (SSSR count). The summed E-state index contributed by atoms with van der Waals surface area (Å²) in [5, 5.41) is 10.8. The van der Waals surface area contributed by atoms with Crippen LogP contribution >= 0.6 is 0 Å². The summed E-state index contributed by atoms with van der Waals surface area (Å²) in [6.45, 7) is 2.32. The topological polar surface area (TPSA) is 41.9 Å². The number of benzene rings is 1. The number of aliphatic hydroxyl groups excluding tert-OH is 1. The Balaban J connectivity index is 2.20. The van der Waals surface area contributed by atoms with Crippen LogP contribution in [0.15, 0.2) is 12.1 Å². The van der Waals surface area contributed by atoms with Gasteiger partial charge >= 0.3 is 0 Å². The van der Waals surface area contributed by atoms with Gasteiger partial charge in [-0.1, -0.05) is 13.8 Å². The van der Waals surface area contributed by atoms with E-state index in [1.807, 2.05) is 13.8 Å². The number of ether oxygens (including phenoxy) is 2. The maximum Gasteiger partial charge on any atom is 0.161 e. The molecule has 3 atom stereocenters. The second kappa shape index (κ2) is 6.70. The third-order valence-electron chi connectivity index (χ3n) is 4.53. The molecule has 1 saturated heterocycles. The predicted octanol–water partition coefficient (Wildman–Crippen LogP) is 3.03. The number of hydrogen-bond acceptors (Lipinski definition) is 4. The highest BCUT2D eigenvalue weighted by atomic mass is 16.5. The Bertz CT molecular complexity index is 773. The minimum atomic E-state index is -1.90. The molecule has 2 aliphatic heterocycles. The van der Waals surface area contributed by atoms with Crippen LogP contribution in [-0.4, -0.2) is 43.4 Å². The van der Waals surface area contributed by atoms with E-state index >= 15 is 0 Å². The van der Waals surface area contributed by atoms with Crippen LogP contribution in [0, 0.1) is 11.8 Å². The van der Waals surface area contributed by atoms with Crippen molar-refractivity contribution in [1.82, 2.24) is 4.90 Å². The van der Waals surface area contributed by atoms with Gasteiger partial charge in [-0.25, -0.2) is 0 Å². The molecule has 0 saturated carbocycles. The molecule has 128 valence electrons. The van der Waals surface area contributed by atoms with Gasteiger partial charge in [0.15, 0.2) is 11.5 Å². The summed E-state index contributed by atoms with van der Waals surface area (Å²) in [6.07, 6.45) is -0.182. The molecule has 3 unspecified atom stereocenters. The van der Waals surface area contributed by atoms with Crippen molar-refractivity contribution in [3.63, 3.8) is 0 Å². The van der Waals surface area contributed by atoms with Gasteiger partial charge in [0.05, 0.1) is 24.4 Å². The molecule has 0 amide bonds. The molecule has 0 radical (unpaired) electrons. The van der Waals surface area contributed by atoms with E-state index in [-0.39, 0.29) is 48.0 Å². The van der Waals surface area contributed by atoms with Crippen LogP contribution in [0.4, 0.5) is 0 Å². The van der Waals surface area contributed by atoms with Crippen LogP contribution in [-0.2, 0) is 6.42 Å². The molecule has 2 heterocycles. The highest BCUT2D eigenvalue weighted by Gasteiger charge is 2.38. The third kappa shape index (κ3) is 3.20. The summed E-state index contributed by atoms with van der Waals surface area (Å²) in [7, 11) is 2.79. The Labute approximate surface area is 146 Å². The molecule has 4 heteroatoms. The van der Waals surface area contributed by atoms with E-state index in [9.17, 15) is 6.48 Å². The fourth-order valence-corrected chi connectivity index (χ4v) is 3.42. The van der Waals surface area contributed by atoms with Crippen molar-refractivity contribution in [2.45, 2.75) is 45.2 Å². The zero-order valence-corrected chi connectivity index (χ0v) is 14.3. The van der Waals surface area contributed by atoms with E-state index in [1.165, 1.54) is 19.1 Å². The molecule has 0 aliphatic carbocycles. The zero-order chi connectivity index (χ0) is 21.0. The van der Waals surface area contributed by atoms with E-state index in [4.69, 9.17) is 15.0 Å². The monoisotopic (exact) mass is 324 g/mol. The number of nitrogens with zero attached hydrogens (tertiary/aromatic N) is 1. The average molecular weight is 324 g/mol. The van der Waals surface area contributed by atoms with Crippen molar-refractivity contribution >= 4 is 0 Å². The number of piperidine rings is 1. The number of methoxy groups -OCH3 is 2. The van der Waals surface area contributed by atoms with Gasteiger partial charge in [-0.05, 0) is 54.3 Å². The zero-order valence-electron chi connectivity index (χ0n) is 19.3. The lowest BCUT2D eigenvalue weighted by Gasteiger charge is -2.46. The van der Waals surface area contributed by atoms with Gasteiger partial charge in [-0.15, -0.1) is 0 Å². The van der Waals surface area contributed by atoms with Crippen LogP contribution in [0.2, 0.25) is 0 Å². The number of rotatable bonds is 4. The van der Waals surface area contributed by atoms with Gasteiger partial charge < -0.3 is 14.6 Å². The van der Waals surface area contributed by atoms with Crippen molar-refractivity contribution in [3.8, 4) is 11.5 Å². The van der Waals surface area contributed by atoms with Crippen molar-refractivity contribution in [3.05, 3.63) is 23.2 Å². The second-order valence-corrected chi connectivity index (χ2v) is 6.65. The summed E-state index contributed by atoms with van der Waals surface area (Å²) in [6, 6.07) is -1.65. The number of hydrogen-bond donors (Lipinski definition) is 1. The summed E-state index contributed by atoms with van der Waals surface area (Å²) in [5.41, 5.74) is 0.742. The first-order valence-corrected chi connectivity index (χ1v) is 8.20. The van der Waals surface area contributed by atoms with Gasteiger partial charge in [0.1, 0.15) is 0 Å². The van der Waals surface area contributed by atoms with Crippen molar-refractivity contribution in [1.29, 1.82) is 0 Å². The molecule has 1 N–H and O–H groups in total. The first kappa shape index (κ1) is 11.3. The smallest absolute Gasteiger partial charge is 0.161 e.